The van der Waals surface area contributed by atoms with Gasteiger partial charge in [-0.25, -0.2) is 15.0 Å². The van der Waals surface area contributed by atoms with Crippen LogP contribution in [-0.2, 0) is 6.54 Å². The minimum Gasteiger partial charge on any atom is -0.363 e. The normalized spacial score (nSPS) is 10.6. The summed E-state index contributed by atoms with van der Waals surface area (Å²) in [6, 6.07) is 9.60. The number of hydrogen-bond acceptors (Lipinski definition) is 8. The van der Waals surface area contributed by atoms with E-state index in [0.29, 0.717) is 24.0 Å². The van der Waals surface area contributed by atoms with Crippen molar-refractivity contribution in [2.45, 2.75) is 11.4 Å². The molecule has 2 aromatic heterocycles. The summed E-state index contributed by atoms with van der Waals surface area (Å²) >= 11 is 3.24. The third kappa shape index (κ3) is 4.37. The lowest BCUT2D eigenvalue weighted by molar-refractivity contribution is 0.942. The average molecular weight is 380 g/mol. The van der Waals surface area contributed by atoms with Crippen molar-refractivity contribution in [3.8, 4) is 11.4 Å². The molecule has 0 saturated carbocycles. The second-order valence-electron chi connectivity index (χ2n) is 4.65. The highest BCUT2D eigenvalue weighted by atomic mass is 32.2. The largest absolute Gasteiger partial charge is 0.363 e. The fraction of sp³-hybridized carbons (Fsp3) is 0.133. The van der Waals surface area contributed by atoms with Gasteiger partial charge in [-0.2, -0.15) is 0 Å². The van der Waals surface area contributed by atoms with Crippen molar-refractivity contribution < 1.29 is 3.89 Å². The van der Waals surface area contributed by atoms with Gasteiger partial charge in [-0.05, 0) is 18.4 Å². The highest BCUT2D eigenvalue weighted by molar-refractivity contribution is 7.98. The maximum Gasteiger partial charge on any atom is 0.163 e. The lowest BCUT2D eigenvalue weighted by Crippen LogP contribution is -2.04. The fourth-order valence-corrected chi connectivity index (χ4v) is 3.15. The molecule has 1 aromatic carbocycles. The van der Waals surface area contributed by atoms with Crippen LogP contribution in [-0.4, -0.2) is 21.2 Å². The predicted octanol–water partition coefficient (Wildman–Crippen LogP) is 4.88. The van der Waals surface area contributed by atoms with Crippen molar-refractivity contribution in [1.82, 2.24) is 15.0 Å². The molecule has 124 valence electrons. The van der Waals surface area contributed by atoms with E-state index in [2.05, 4.69) is 25.0 Å². The van der Waals surface area contributed by atoms with Crippen LogP contribution in [0.1, 0.15) is 5.01 Å². The van der Waals surface area contributed by atoms with Crippen molar-refractivity contribution in [1.29, 1.82) is 0 Å². The molecule has 2 N–H and O–H groups in total. The number of nitrogens with zero attached hydrogens (tertiary/aromatic N) is 3. The van der Waals surface area contributed by atoms with Gasteiger partial charge in [0.2, 0.25) is 0 Å². The highest BCUT2D eigenvalue weighted by Gasteiger charge is 2.08. The molecule has 5 nitrogen and oxygen atoms in total. The number of halogens is 1. The van der Waals surface area contributed by atoms with Crippen molar-refractivity contribution in [2.75, 3.05) is 16.3 Å². The van der Waals surface area contributed by atoms with E-state index in [1.165, 1.54) is 0 Å². The summed E-state index contributed by atoms with van der Waals surface area (Å²) in [5, 5.41) is 6.07. The second kappa shape index (κ2) is 8.32. The van der Waals surface area contributed by atoms with E-state index in [1.807, 2.05) is 35.9 Å². The zero-order chi connectivity index (χ0) is 16.8. The predicted molar refractivity (Wildman–Crippen MR) is 101 cm³/mol. The summed E-state index contributed by atoms with van der Waals surface area (Å²) < 4.78 is 15.1. The number of anilines is 2. The third-order valence-corrected chi connectivity index (χ3v) is 4.93. The molecule has 0 spiro atoms. The highest BCUT2D eigenvalue weighted by Crippen LogP contribution is 2.24. The summed E-state index contributed by atoms with van der Waals surface area (Å²) in [5.74, 6) is 1.55. The molecule has 0 aliphatic heterocycles. The fourth-order valence-electron chi connectivity index (χ4n) is 2.01. The molecule has 3 rings (SSSR count). The van der Waals surface area contributed by atoms with Crippen LogP contribution in [0.4, 0.5) is 15.5 Å². The summed E-state index contributed by atoms with van der Waals surface area (Å²) in [6.45, 7) is 0.557. The van der Waals surface area contributed by atoms with Gasteiger partial charge in [0.05, 0.1) is 6.54 Å². The van der Waals surface area contributed by atoms with Gasteiger partial charge in [0, 0.05) is 28.1 Å². The Kier molecular flexibility index (Phi) is 5.89. The van der Waals surface area contributed by atoms with Gasteiger partial charge >= 0.3 is 0 Å². The average Bonchev–Trinajstić information content (AvgIpc) is 3.14. The van der Waals surface area contributed by atoms with E-state index in [0.717, 1.165) is 15.5 Å². The van der Waals surface area contributed by atoms with Gasteiger partial charge in [-0.15, -0.1) is 27.0 Å². The molecule has 0 saturated heterocycles. The number of hydrogen-bond donors (Lipinski definition) is 2. The van der Waals surface area contributed by atoms with Crippen LogP contribution >= 0.6 is 35.4 Å². The minimum atomic E-state index is 0.00756. The summed E-state index contributed by atoms with van der Waals surface area (Å²) in [7, 11) is 0. The molecule has 0 atom stereocenters. The molecule has 0 unspecified atom stereocenters. The zero-order valence-corrected chi connectivity index (χ0v) is 15.1. The van der Waals surface area contributed by atoms with Crippen molar-refractivity contribution in [2.24, 2.45) is 0 Å². The second-order valence-corrected chi connectivity index (χ2v) is 6.87. The molecule has 0 fully saturated rings. The molecule has 0 amide bonds. The Morgan fingerprint density at radius 2 is 1.96 bits per heavy atom. The van der Waals surface area contributed by atoms with Gasteiger partial charge in [0.15, 0.2) is 18.2 Å². The van der Waals surface area contributed by atoms with Crippen LogP contribution in [0.15, 0.2) is 46.8 Å². The Hall–Kier alpha value is -1.84. The van der Waals surface area contributed by atoms with Crippen molar-refractivity contribution >= 4 is 47.1 Å². The Balaban J connectivity index is 1.86. The monoisotopic (exact) mass is 379 g/mol. The van der Waals surface area contributed by atoms with Gasteiger partial charge in [-0.1, -0.05) is 12.1 Å². The standard InChI is InChI=1S/C15H14FN5S3/c1-22-11-4-2-10(3-5-11)15-19-12(8-13(20-15)21-24-16)18-9-14-17-6-7-23-14/h2-8H,9H2,1H3,(H2,18,19,20,21). The van der Waals surface area contributed by atoms with E-state index in [9.17, 15) is 3.89 Å². The molecule has 0 bridgehead atoms. The number of rotatable bonds is 7. The first-order valence-electron chi connectivity index (χ1n) is 6.98. The first kappa shape index (κ1) is 17.0. The number of aromatic nitrogens is 3. The van der Waals surface area contributed by atoms with Crippen LogP contribution in [0.3, 0.4) is 0 Å². The maximum atomic E-state index is 12.6. The molecule has 0 radical (unpaired) electrons. The van der Waals surface area contributed by atoms with Gasteiger partial charge in [0.25, 0.3) is 0 Å². The van der Waals surface area contributed by atoms with Crippen LogP contribution in [0, 0.1) is 0 Å². The molecular formula is C15H14FN5S3. The Bertz CT molecular complexity index is 780. The summed E-state index contributed by atoms with van der Waals surface area (Å²) in [5.41, 5.74) is 0.873. The maximum absolute atomic E-state index is 12.6. The first-order valence-corrected chi connectivity index (χ1v) is 9.80. The molecule has 2 heterocycles. The van der Waals surface area contributed by atoms with Gasteiger partial charge in [-0.3, -0.25) is 4.72 Å². The summed E-state index contributed by atoms with van der Waals surface area (Å²) in [4.78, 5) is 14.2. The van der Waals surface area contributed by atoms with Crippen LogP contribution in [0.25, 0.3) is 11.4 Å². The smallest absolute Gasteiger partial charge is 0.163 e. The van der Waals surface area contributed by atoms with E-state index in [4.69, 9.17) is 0 Å². The van der Waals surface area contributed by atoms with Gasteiger partial charge in [0.1, 0.15) is 16.6 Å². The zero-order valence-electron chi connectivity index (χ0n) is 12.7. The van der Waals surface area contributed by atoms with Crippen LogP contribution in [0.5, 0.6) is 0 Å². The third-order valence-electron chi connectivity index (χ3n) is 3.12. The Morgan fingerprint density at radius 1 is 1.17 bits per heavy atom. The molecule has 9 heteroatoms. The number of nitrogens with one attached hydrogen (secondary N) is 2. The Morgan fingerprint density at radius 3 is 2.62 bits per heavy atom. The van der Waals surface area contributed by atoms with Crippen molar-refractivity contribution in [3.05, 3.63) is 46.9 Å². The van der Waals surface area contributed by atoms with Crippen LogP contribution < -0.4 is 10.0 Å². The van der Waals surface area contributed by atoms with Crippen molar-refractivity contribution in [3.63, 3.8) is 0 Å². The quantitative estimate of drug-likeness (QED) is 0.448. The SMILES string of the molecule is CSc1ccc(-c2nc(NCc3nccs3)cc(NSF)n2)cc1. The van der Waals surface area contributed by atoms with Gasteiger partial charge < -0.3 is 5.32 Å². The number of thioether (sulfide) groups is 1. The van der Waals surface area contributed by atoms with E-state index in [-0.39, 0.29) is 12.3 Å². The first-order chi connectivity index (χ1) is 11.8. The minimum absolute atomic E-state index is 0.00756. The molecule has 0 aliphatic carbocycles. The van der Waals surface area contributed by atoms with E-state index in [1.54, 1.807) is 35.4 Å². The molecule has 0 aliphatic rings. The van der Waals surface area contributed by atoms with E-state index >= 15 is 0 Å². The van der Waals surface area contributed by atoms with E-state index < -0.39 is 0 Å². The topological polar surface area (TPSA) is 62.7 Å². The lowest BCUT2D eigenvalue weighted by atomic mass is 10.2. The number of thiazole rings is 1. The molecule has 24 heavy (non-hydrogen) atoms. The lowest BCUT2D eigenvalue weighted by Gasteiger charge is -2.09. The Labute approximate surface area is 152 Å². The number of benzene rings is 1. The molecule has 3 aromatic rings. The van der Waals surface area contributed by atoms with Crippen LogP contribution in [0.2, 0.25) is 0 Å². The molecular weight excluding hydrogens is 365 g/mol. The summed E-state index contributed by atoms with van der Waals surface area (Å²) in [6.07, 6.45) is 3.78.